The summed E-state index contributed by atoms with van der Waals surface area (Å²) in [6, 6.07) is 5.77. The molecule has 0 spiro atoms. The molecule has 0 aliphatic heterocycles. The van der Waals surface area contributed by atoms with E-state index in [9.17, 15) is 22.4 Å². The number of esters is 1. The zero-order valence-corrected chi connectivity index (χ0v) is 13.6. The van der Waals surface area contributed by atoms with Crippen LogP contribution in [0.1, 0.15) is 36.7 Å². The summed E-state index contributed by atoms with van der Waals surface area (Å²) in [6.45, 7) is 6.15. The van der Waals surface area contributed by atoms with Crippen molar-refractivity contribution in [1.82, 2.24) is 0 Å². The molecule has 0 heterocycles. The minimum absolute atomic E-state index is 0.0378. The van der Waals surface area contributed by atoms with Crippen LogP contribution in [-0.4, -0.2) is 11.6 Å². The van der Waals surface area contributed by atoms with E-state index in [4.69, 9.17) is 4.74 Å². The van der Waals surface area contributed by atoms with Gasteiger partial charge in [-0.2, -0.15) is 0 Å². The monoisotopic (exact) mass is 340 g/mol. The van der Waals surface area contributed by atoms with Gasteiger partial charge in [-0.15, -0.1) is 0 Å². The fraction of sp³-hybridized carbons (Fsp3) is 0.278. The number of rotatable bonds is 2. The standard InChI is InChI=1S/C18H16F4O2/c1-9-5-7-10(8-6-9)11-13(19)15(21)12(16(22)14(11)20)17(23)24-18(2,3)4/h5-8H,1-4H3. The summed E-state index contributed by atoms with van der Waals surface area (Å²) in [5.74, 6) is -8.31. The van der Waals surface area contributed by atoms with Gasteiger partial charge in [0.25, 0.3) is 0 Å². The van der Waals surface area contributed by atoms with Gasteiger partial charge >= 0.3 is 5.97 Å². The maximum Gasteiger partial charge on any atom is 0.344 e. The summed E-state index contributed by atoms with van der Waals surface area (Å²) in [6.07, 6.45) is 0. The summed E-state index contributed by atoms with van der Waals surface area (Å²) in [4.78, 5) is 11.9. The Labute approximate surface area is 137 Å². The lowest BCUT2D eigenvalue weighted by atomic mass is 10.00. The van der Waals surface area contributed by atoms with Gasteiger partial charge in [-0.25, -0.2) is 22.4 Å². The van der Waals surface area contributed by atoms with Gasteiger partial charge in [0.15, 0.2) is 23.3 Å². The second kappa shape index (κ2) is 6.26. The van der Waals surface area contributed by atoms with E-state index in [0.29, 0.717) is 0 Å². The van der Waals surface area contributed by atoms with Crippen LogP contribution in [0.3, 0.4) is 0 Å². The van der Waals surface area contributed by atoms with E-state index < -0.39 is 46.0 Å². The largest absolute Gasteiger partial charge is 0.456 e. The summed E-state index contributed by atoms with van der Waals surface area (Å²) >= 11 is 0. The Balaban J connectivity index is 2.64. The Hall–Kier alpha value is -2.37. The molecule has 0 saturated carbocycles. The van der Waals surface area contributed by atoms with Crippen LogP contribution < -0.4 is 0 Å². The van der Waals surface area contributed by atoms with E-state index in [1.165, 1.54) is 32.9 Å². The van der Waals surface area contributed by atoms with Gasteiger partial charge in [-0.3, -0.25) is 0 Å². The molecule has 0 aliphatic carbocycles. The Morgan fingerprint density at radius 1 is 0.875 bits per heavy atom. The van der Waals surface area contributed by atoms with Crippen LogP contribution in [0.25, 0.3) is 11.1 Å². The van der Waals surface area contributed by atoms with Crippen LogP contribution >= 0.6 is 0 Å². The van der Waals surface area contributed by atoms with Crippen molar-refractivity contribution in [3.05, 3.63) is 58.7 Å². The van der Waals surface area contributed by atoms with Gasteiger partial charge in [0, 0.05) is 0 Å². The number of aryl methyl sites for hydroxylation is 1. The molecule has 128 valence electrons. The van der Waals surface area contributed by atoms with E-state index in [1.54, 1.807) is 19.1 Å². The molecule has 0 unspecified atom stereocenters. The molecule has 0 aromatic heterocycles. The fourth-order valence-electron chi connectivity index (χ4n) is 2.11. The Morgan fingerprint density at radius 2 is 1.33 bits per heavy atom. The molecule has 2 aromatic carbocycles. The molecule has 0 aliphatic rings. The summed E-state index contributed by atoms with van der Waals surface area (Å²) in [7, 11) is 0. The van der Waals surface area contributed by atoms with E-state index >= 15 is 0 Å². The first-order valence-electron chi connectivity index (χ1n) is 7.19. The van der Waals surface area contributed by atoms with Crippen molar-refractivity contribution in [2.75, 3.05) is 0 Å². The number of hydrogen-bond acceptors (Lipinski definition) is 2. The van der Waals surface area contributed by atoms with Crippen molar-refractivity contribution in [3.8, 4) is 11.1 Å². The average Bonchev–Trinajstić information content (AvgIpc) is 2.46. The lowest BCUT2D eigenvalue weighted by Gasteiger charge is -2.20. The van der Waals surface area contributed by atoms with Crippen LogP contribution in [0.5, 0.6) is 0 Å². The molecule has 2 nitrogen and oxygen atoms in total. The molecule has 0 N–H and O–H groups in total. The van der Waals surface area contributed by atoms with E-state index in [0.717, 1.165) is 5.56 Å². The zero-order chi connectivity index (χ0) is 18.2. The average molecular weight is 340 g/mol. The third kappa shape index (κ3) is 3.42. The molecular weight excluding hydrogens is 324 g/mol. The highest BCUT2D eigenvalue weighted by atomic mass is 19.2. The Morgan fingerprint density at radius 3 is 1.75 bits per heavy atom. The molecule has 6 heteroatoms. The van der Waals surface area contributed by atoms with Gasteiger partial charge < -0.3 is 4.74 Å². The topological polar surface area (TPSA) is 26.3 Å². The number of hydrogen-bond donors (Lipinski definition) is 0. The van der Waals surface area contributed by atoms with Crippen LogP contribution in [0.2, 0.25) is 0 Å². The fourth-order valence-corrected chi connectivity index (χ4v) is 2.11. The van der Waals surface area contributed by atoms with Crippen molar-refractivity contribution >= 4 is 5.97 Å². The van der Waals surface area contributed by atoms with Gasteiger partial charge in [0.1, 0.15) is 11.2 Å². The van der Waals surface area contributed by atoms with E-state index in [-0.39, 0.29) is 5.56 Å². The van der Waals surface area contributed by atoms with Gasteiger partial charge in [-0.1, -0.05) is 29.8 Å². The molecule has 0 radical (unpaired) electrons. The SMILES string of the molecule is Cc1ccc(-c2c(F)c(F)c(C(=O)OC(C)(C)C)c(F)c2F)cc1. The predicted octanol–water partition coefficient (Wildman–Crippen LogP) is 5.17. The lowest BCUT2D eigenvalue weighted by molar-refractivity contribution is 0.00572. The molecule has 24 heavy (non-hydrogen) atoms. The quantitative estimate of drug-likeness (QED) is 0.428. The minimum atomic E-state index is -1.78. The molecular formula is C18H16F4O2. The lowest BCUT2D eigenvalue weighted by Crippen LogP contribution is -2.26. The maximum atomic E-state index is 14.3. The third-order valence-electron chi connectivity index (χ3n) is 3.21. The highest BCUT2D eigenvalue weighted by molar-refractivity contribution is 5.91. The zero-order valence-electron chi connectivity index (χ0n) is 13.6. The highest BCUT2D eigenvalue weighted by Crippen LogP contribution is 2.33. The van der Waals surface area contributed by atoms with E-state index in [2.05, 4.69) is 0 Å². The van der Waals surface area contributed by atoms with Gasteiger partial charge in [0.2, 0.25) is 0 Å². The second-order valence-corrected chi connectivity index (χ2v) is 6.37. The highest BCUT2D eigenvalue weighted by Gasteiger charge is 2.32. The van der Waals surface area contributed by atoms with Crippen LogP contribution in [0, 0.1) is 30.2 Å². The van der Waals surface area contributed by atoms with E-state index in [1.807, 2.05) is 0 Å². The second-order valence-electron chi connectivity index (χ2n) is 6.37. The summed E-state index contributed by atoms with van der Waals surface area (Å²) < 4.78 is 61.8. The molecule has 0 amide bonds. The minimum Gasteiger partial charge on any atom is -0.456 e. The third-order valence-corrected chi connectivity index (χ3v) is 3.21. The number of carbonyl (C=O) groups excluding carboxylic acids is 1. The van der Waals surface area contributed by atoms with Crippen molar-refractivity contribution in [1.29, 1.82) is 0 Å². The first-order valence-corrected chi connectivity index (χ1v) is 7.19. The summed E-state index contributed by atoms with van der Waals surface area (Å²) in [5, 5.41) is 0. The van der Waals surface area contributed by atoms with Gasteiger partial charge in [-0.05, 0) is 33.3 Å². The summed E-state index contributed by atoms with van der Waals surface area (Å²) in [5.41, 5.74) is -2.54. The van der Waals surface area contributed by atoms with Crippen LogP contribution in [-0.2, 0) is 4.74 Å². The normalized spacial score (nSPS) is 11.5. The Bertz CT molecular complexity index is 761. The van der Waals surface area contributed by atoms with Crippen molar-refractivity contribution < 1.29 is 27.1 Å². The van der Waals surface area contributed by atoms with Crippen molar-refractivity contribution in [3.63, 3.8) is 0 Å². The molecule has 2 rings (SSSR count). The van der Waals surface area contributed by atoms with Crippen molar-refractivity contribution in [2.45, 2.75) is 33.3 Å². The van der Waals surface area contributed by atoms with Crippen LogP contribution in [0.4, 0.5) is 17.6 Å². The first kappa shape index (κ1) is 18.0. The maximum absolute atomic E-state index is 14.3. The predicted molar refractivity (Wildman–Crippen MR) is 81.6 cm³/mol. The smallest absolute Gasteiger partial charge is 0.344 e. The number of benzene rings is 2. The van der Waals surface area contributed by atoms with Gasteiger partial charge in [0.05, 0.1) is 5.56 Å². The molecule has 0 bridgehead atoms. The van der Waals surface area contributed by atoms with Crippen LogP contribution in [0.15, 0.2) is 24.3 Å². The Kier molecular flexibility index (Phi) is 4.69. The molecule has 0 atom stereocenters. The molecule has 2 aromatic rings. The van der Waals surface area contributed by atoms with Crippen molar-refractivity contribution in [2.24, 2.45) is 0 Å². The molecule has 0 saturated heterocycles. The number of halogens is 4. The first-order chi connectivity index (χ1) is 11.0. The molecule has 0 fully saturated rings. The number of carbonyl (C=O) groups is 1. The number of ether oxygens (including phenoxy) is 1.